The lowest BCUT2D eigenvalue weighted by Crippen LogP contribution is -2.54. The molecule has 0 aliphatic heterocycles. The minimum absolute atomic E-state index is 0.0111. The summed E-state index contributed by atoms with van der Waals surface area (Å²) in [6, 6.07) is 0. The summed E-state index contributed by atoms with van der Waals surface area (Å²) < 4.78 is 0. The molecule has 30 heavy (non-hydrogen) atoms. The number of aliphatic hydroxyl groups excluding tert-OH is 1. The Morgan fingerprint density at radius 2 is 1.53 bits per heavy atom. The SMILES string of the molecule is CC[C@H](CC[C@@H](C)[C@H]1CCC2[C@@H]3CC[C@@H]4C[C@@H](O)CC[C@]4(C)C3CC[C@@]21C)C(C)C. The Morgan fingerprint density at radius 3 is 2.23 bits per heavy atom. The van der Waals surface area contributed by atoms with E-state index >= 15 is 0 Å². The lowest BCUT2D eigenvalue weighted by molar-refractivity contribution is -0.129. The van der Waals surface area contributed by atoms with Crippen molar-refractivity contribution in [1.29, 1.82) is 0 Å². The highest BCUT2D eigenvalue weighted by Crippen LogP contribution is 2.68. The summed E-state index contributed by atoms with van der Waals surface area (Å²) in [7, 11) is 0. The molecule has 4 aliphatic carbocycles. The number of hydrogen-bond donors (Lipinski definition) is 1. The molecule has 0 spiro atoms. The molecule has 10 atom stereocenters. The fourth-order valence-corrected chi connectivity index (χ4v) is 9.90. The van der Waals surface area contributed by atoms with E-state index in [1.165, 1.54) is 64.2 Å². The number of aliphatic hydroxyl groups is 1. The molecule has 0 heterocycles. The van der Waals surface area contributed by atoms with Gasteiger partial charge >= 0.3 is 0 Å². The molecule has 0 aromatic carbocycles. The molecule has 4 rings (SSSR count). The summed E-state index contributed by atoms with van der Waals surface area (Å²) in [5.41, 5.74) is 1.14. The van der Waals surface area contributed by atoms with Gasteiger partial charge in [0.05, 0.1) is 6.10 Å². The van der Waals surface area contributed by atoms with Crippen molar-refractivity contribution in [1.82, 2.24) is 0 Å². The monoisotopic (exact) mass is 416 g/mol. The third kappa shape index (κ3) is 3.82. The summed E-state index contributed by atoms with van der Waals surface area (Å²) in [6.45, 7) is 15.2. The van der Waals surface area contributed by atoms with Gasteiger partial charge in [-0.2, -0.15) is 0 Å². The van der Waals surface area contributed by atoms with E-state index < -0.39 is 0 Å². The zero-order valence-electron chi connectivity index (χ0n) is 21.1. The average Bonchev–Trinajstić information content (AvgIpc) is 3.06. The van der Waals surface area contributed by atoms with Gasteiger partial charge in [0.1, 0.15) is 0 Å². The number of hydrogen-bond acceptors (Lipinski definition) is 1. The smallest absolute Gasteiger partial charge is 0.0543 e. The number of fused-ring (bicyclic) bond motifs is 5. The van der Waals surface area contributed by atoms with Crippen LogP contribution in [0.25, 0.3) is 0 Å². The topological polar surface area (TPSA) is 20.2 Å². The summed E-state index contributed by atoms with van der Waals surface area (Å²) in [5.74, 6) is 7.34. The van der Waals surface area contributed by atoms with Gasteiger partial charge in [-0.1, -0.05) is 54.4 Å². The van der Waals surface area contributed by atoms with Crippen LogP contribution in [0.4, 0.5) is 0 Å². The molecule has 1 nitrogen and oxygen atoms in total. The Labute approximate surface area is 188 Å². The lowest BCUT2D eigenvalue weighted by atomic mass is 9.44. The van der Waals surface area contributed by atoms with E-state index in [4.69, 9.17) is 0 Å². The van der Waals surface area contributed by atoms with E-state index in [2.05, 4.69) is 41.5 Å². The maximum Gasteiger partial charge on any atom is 0.0543 e. The molecule has 4 aliphatic rings. The van der Waals surface area contributed by atoms with E-state index in [0.717, 1.165) is 60.2 Å². The third-order valence-corrected chi connectivity index (χ3v) is 11.9. The van der Waals surface area contributed by atoms with E-state index in [9.17, 15) is 5.11 Å². The van der Waals surface area contributed by atoms with Crippen LogP contribution in [0.2, 0.25) is 0 Å². The average molecular weight is 417 g/mol. The minimum Gasteiger partial charge on any atom is -0.393 e. The maximum absolute atomic E-state index is 10.3. The zero-order valence-corrected chi connectivity index (χ0v) is 21.1. The summed E-state index contributed by atoms with van der Waals surface area (Å²) in [4.78, 5) is 0. The maximum atomic E-state index is 10.3. The Hall–Kier alpha value is -0.0400. The highest BCUT2D eigenvalue weighted by atomic mass is 16.3. The van der Waals surface area contributed by atoms with Gasteiger partial charge < -0.3 is 5.11 Å². The van der Waals surface area contributed by atoms with Crippen LogP contribution < -0.4 is 0 Å². The predicted molar refractivity (Wildman–Crippen MR) is 128 cm³/mol. The van der Waals surface area contributed by atoms with Gasteiger partial charge in [0.15, 0.2) is 0 Å². The van der Waals surface area contributed by atoms with Crippen molar-refractivity contribution in [2.24, 2.45) is 58.2 Å². The molecular weight excluding hydrogens is 364 g/mol. The first-order valence-corrected chi connectivity index (χ1v) is 13.9. The molecule has 0 saturated heterocycles. The highest BCUT2D eigenvalue weighted by molar-refractivity contribution is 5.09. The van der Waals surface area contributed by atoms with Crippen LogP contribution >= 0.6 is 0 Å². The van der Waals surface area contributed by atoms with Crippen LogP contribution in [0.1, 0.15) is 119 Å². The molecule has 2 unspecified atom stereocenters. The quantitative estimate of drug-likeness (QED) is 0.463. The third-order valence-electron chi connectivity index (χ3n) is 11.9. The molecule has 0 bridgehead atoms. The first-order chi connectivity index (χ1) is 14.2. The van der Waals surface area contributed by atoms with E-state index in [1.807, 2.05) is 0 Å². The Kier molecular flexibility index (Phi) is 6.72. The van der Waals surface area contributed by atoms with E-state index in [-0.39, 0.29) is 6.10 Å². The van der Waals surface area contributed by atoms with Crippen molar-refractivity contribution in [3.05, 3.63) is 0 Å². The van der Waals surface area contributed by atoms with Gasteiger partial charge in [-0.25, -0.2) is 0 Å². The van der Waals surface area contributed by atoms with Gasteiger partial charge in [-0.05, 0) is 122 Å². The molecule has 174 valence electrons. The Balaban J connectivity index is 1.45. The first kappa shape index (κ1) is 23.1. The molecule has 1 N–H and O–H groups in total. The van der Waals surface area contributed by atoms with Crippen molar-refractivity contribution in [3.8, 4) is 0 Å². The Bertz CT molecular complexity index is 583. The van der Waals surface area contributed by atoms with Crippen LogP contribution in [0.5, 0.6) is 0 Å². The fraction of sp³-hybridized carbons (Fsp3) is 1.00. The van der Waals surface area contributed by atoms with Crippen molar-refractivity contribution in [3.63, 3.8) is 0 Å². The predicted octanol–water partition coefficient (Wildman–Crippen LogP) is 8.10. The molecule has 0 amide bonds. The molecular formula is C29H52O. The van der Waals surface area contributed by atoms with Gasteiger partial charge in [-0.15, -0.1) is 0 Å². The normalized spacial score (nSPS) is 48.0. The summed E-state index contributed by atoms with van der Waals surface area (Å²) in [6.07, 6.45) is 16.5. The molecule has 4 fully saturated rings. The fourth-order valence-electron chi connectivity index (χ4n) is 9.90. The lowest BCUT2D eigenvalue weighted by Gasteiger charge is -2.61. The Morgan fingerprint density at radius 1 is 0.833 bits per heavy atom. The zero-order chi connectivity index (χ0) is 21.7. The van der Waals surface area contributed by atoms with E-state index in [0.29, 0.717) is 10.8 Å². The van der Waals surface area contributed by atoms with E-state index in [1.54, 1.807) is 0 Å². The molecule has 4 saturated carbocycles. The van der Waals surface area contributed by atoms with Crippen LogP contribution in [-0.2, 0) is 0 Å². The summed E-state index contributed by atoms with van der Waals surface area (Å²) >= 11 is 0. The van der Waals surface area contributed by atoms with Crippen LogP contribution in [0.15, 0.2) is 0 Å². The molecule has 0 aromatic heterocycles. The molecule has 0 aromatic rings. The van der Waals surface area contributed by atoms with Crippen molar-refractivity contribution in [2.45, 2.75) is 125 Å². The standard InChI is InChI=1S/C29H52O/c1-7-21(19(2)3)9-8-20(4)25-12-13-26-24-11-10-22-18-23(30)14-16-28(22,5)27(24)15-17-29(25,26)6/h19-27,30H,7-18H2,1-6H3/t20-,21-,22-,23+,24+,25-,26?,27?,28+,29-/m1/s1. The minimum atomic E-state index is -0.0111. The van der Waals surface area contributed by atoms with Crippen molar-refractivity contribution >= 4 is 0 Å². The summed E-state index contributed by atoms with van der Waals surface area (Å²) in [5, 5.41) is 10.3. The van der Waals surface area contributed by atoms with Crippen molar-refractivity contribution in [2.75, 3.05) is 0 Å². The van der Waals surface area contributed by atoms with Crippen LogP contribution in [0.3, 0.4) is 0 Å². The largest absolute Gasteiger partial charge is 0.393 e. The van der Waals surface area contributed by atoms with Crippen molar-refractivity contribution < 1.29 is 5.11 Å². The van der Waals surface area contributed by atoms with Crippen LogP contribution in [0, 0.1) is 58.2 Å². The second-order valence-corrected chi connectivity index (χ2v) is 13.3. The first-order valence-electron chi connectivity index (χ1n) is 13.9. The van der Waals surface area contributed by atoms with Crippen LogP contribution in [-0.4, -0.2) is 11.2 Å². The van der Waals surface area contributed by atoms with Gasteiger partial charge in [0.25, 0.3) is 0 Å². The molecule has 0 radical (unpaired) electrons. The van der Waals surface area contributed by atoms with Gasteiger partial charge in [-0.3, -0.25) is 0 Å². The second kappa shape index (κ2) is 8.72. The van der Waals surface area contributed by atoms with Gasteiger partial charge in [0.2, 0.25) is 0 Å². The second-order valence-electron chi connectivity index (χ2n) is 13.3. The van der Waals surface area contributed by atoms with Gasteiger partial charge in [0, 0.05) is 0 Å². The highest BCUT2D eigenvalue weighted by Gasteiger charge is 2.60. The number of rotatable bonds is 6. The molecule has 1 heteroatoms.